The molecule has 0 atom stereocenters. The van der Waals surface area contributed by atoms with E-state index in [4.69, 9.17) is 9.57 Å². The molecule has 1 rings (SSSR count). The van der Waals surface area contributed by atoms with E-state index in [2.05, 4.69) is 11.9 Å². The zero-order valence-corrected chi connectivity index (χ0v) is 12.3. The Hall–Kier alpha value is -2.18. The van der Waals surface area contributed by atoms with Crippen LogP contribution in [-0.2, 0) is 21.0 Å². The van der Waals surface area contributed by atoms with E-state index in [1.165, 1.54) is 14.2 Å². The lowest BCUT2D eigenvalue weighted by molar-refractivity contribution is -0.167. The van der Waals surface area contributed by atoms with Crippen molar-refractivity contribution in [2.45, 2.75) is 6.61 Å². The molecule has 0 radical (unpaired) electrons. The minimum absolute atomic E-state index is 0.134. The zero-order valence-electron chi connectivity index (χ0n) is 12.3. The molecule has 0 heterocycles. The van der Waals surface area contributed by atoms with Crippen LogP contribution in [0.3, 0.4) is 0 Å². The van der Waals surface area contributed by atoms with Crippen LogP contribution in [0.15, 0.2) is 36.9 Å². The van der Waals surface area contributed by atoms with E-state index in [0.717, 1.165) is 10.6 Å². The maximum atomic E-state index is 12.1. The number of hydroxylamine groups is 2. The van der Waals surface area contributed by atoms with Gasteiger partial charge in [-0.25, -0.2) is 5.06 Å². The molecule has 0 saturated carbocycles. The molecular formula is C15H20N2O4. The van der Waals surface area contributed by atoms with Crippen LogP contribution in [0.4, 0.5) is 0 Å². The lowest BCUT2D eigenvalue weighted by Crippen LogP contribution is -2.37. The van der Waals surface area contributed by atoms with Gasteiger partial charge in [-0.1, -0.05) is 24.3 Å². The highest BCUT2D eigenvalue weighted by atomic mass is 16.7. The Labute approximate surface area is 124 Å². The standard InChI is InChI=1S/C15H20N2O4/c1-4-9-21-11-12-7-5-6-8-13(12)15(19)16-10-14(18)17(2)20-3/h4-8H,1,9-11H2,2-3H3,(H,16,19). The van der Waals surface area contributed by atoms with E-state index < -0.39 is 0 Å². The van der Waals surface area contributed by atoms with Crippen molar-refractivity contribution in [2.24, 2.45) is 0 Å². The summed E-state index contributed by atoms with van der Waals surface area (Å²) in [6.45, 7) is 4.15. The predicted molar refractivity (Wildman–Crippen MR) is 78.4 cm³/mol. The van der Waals surface area contributed by atoms with Crippen molar-refractivity contribution in [3.05, 3.63) is 48.0 Å². The lowest BCUT2D eigenvalue weighted by atomic mass is 10.1. The number of ether oxygens (including phenoxy) is 1. The number of benzene rings is 1. The molecular weight excluding hydrogens is 272 g/mol. The summed E-state index contributed by atoms with van der Waals surface area (Å²) in [5, 5.41) is 3.61. The first-order chi connectivity index (χ1) is 10.1. The van der Waals surface area contributed by atoms with Crippen molar-refractivity contribution in [1.82, 2.24) is 10.4 Å². The highest BCUT2D eigenvalue weighted by molar-refractivity contribution is 5.97. The quantitative estimate of drug-likeness (QED) is 0.443. The van der Waals surface area contributed by atoms with Gasteiger partial charge in [0, 0.05) is 12.6 Å². The molecule has 0 fully saturated rings. The SMILES string of the molecule is C=CCOCc1ccccc1C(=O)NCC(=O)N(C)OC. The number of hydrogen-bond acceptors (Lipinski definition) is 4. The number of rotatable bonds is 8. The summed E-state index contributed by atoms with van der Waals surface area (Å²) >= 11 is 0. The maximum absolute atomic E-state index is 12.1. The van der Waals surface area contributed by atoms with Gasteiger partial charge in [0.05, 0.1) is 26.9 Å². The van der Waals surface area contributed by atoms with E-state index >= 15 is 0 Å². The molecule has 114 valence electrons. The van der Waals surface area contributed by atoms with Crippen molar-refractivity contribution < 1.29 is 19.2 Å². The van der Waals surface area contributed by atoms with Crippen LogP contribution in [0.2, 0.25) is 0 Å². The number of carbonyl (C=O) groups is 2. The van der Waals surface area contributed by atoms with Crippen molar-refractivity contribution in [3.8, 4) is 0 Å². The molecule has 0 spiro atoms. The number of nitrogens with one attached hydrogen (secondary N) is 1. The maximum Gasteiger partial charge on any atom is 0.265 e. The fraction of sp³-hybridized carbons (Fsp3) is 0.333. The fourth-order valence-corrected chi connectivity index (χ4v) is 1.58. The van der Waals surface area contributed by atoms with Gasteiger partial charge >= 0.3 is 0 Å². The molecule has 0 saturated heterocycles. The van der Waals surface area contributed by atoms with Crippen LogP contribution in [0.25, 0.3) is 0 Å². The summed E-state index contributed by atoms with van der Waals surface area (Å²) in [6, 6.07) is 7.08. The molecule has 1 aromatic carbocycles. The van der Waals surface area contributed by atoms with Gasteiger partial charge in [-0.3, -0.25) is 14.4 Å². The second kappa shape index (κ2) is 8.89. The van der Waals surface area contributed by atoms with Gasteiger partial charge in [-0.05, 0) is 11.6 Å². The van der Waals surface area contributed by atoms with Gasteiger partial charge in [0.2, 0.25) is 0 Å². The van der Waals surface area contributed by atoms with Crippen molar-refractivity contribution in [2.75, 3.05) is 27.3 Å². The second-order valence-corrected chi connectivity index (χ2v) is 4.22. The summed E-state index contributed by atoms with van der Waals surface area (Å²) in [6.07, 6.45) is 1.64. The van der Waals surface area contributed by atoms with Crippen molar-refractivity contribution in [1.29, 1.82) is 0 Å². The first-order valence-corrected chi connectivity index (χ1v) is 6.45. The first-order valence-electron chi connectivity index (χ1n) is 6.45. The number of nitrogens with zero attached hydrogens (tertiary/aromatic N) is 1. The van der Waals surface area contributed by atoms with Crippen molar-refractivity contribution >= 4 is 11.8 Å². The van der Waals surface area contributed by atoms with Gasteiger partial charge in [0.15, 0.2) is 0 Å². The average molecular weight is 292 g/mol. The fourth-order valence-electron chi connectivity index (χ4n) is 1.58. The minimum atomic E-state index is -0.341. The van der Waals surface area contributed by atoms with E-state index in [0.29, 0.717) is 18.8 Å². The molecule has 1 aromatic rings. The Morgan fingerprint density at radius 2 is 2.10 bits per heavy atom. The van der Waals surface area contributed by atoms with Gasteiger partial charge in [0.25, 0.3) is 11.8 Å². The topological polar surface area (TPSA) is 67.9 Å². The van der Waals surface area contributed by atoms with Gasteiger partial charge < -0.3 is 10.1 Å². The summed E-state index contributed by atoms with van der Waals surface area (Å²) < 4.78 is 5.35. The summed E-state index contributed by atoms with van der Waals surface area (Å²) in [4.78, 5) is 28.4. The van der Waals surface area contributed by atoms with Crippen LogP contribution in [0.5, 0.6) is 0 Å². The highest BCUT2D eigenvalue weighted by Gasteiger charge is 2.14. The predicted octanol–water partition coefficient (Wildman–Crippen LogP) is 1.14. The molecule has 0 aliphatic heterocycles. The second-order valence-electron chi connectivity index (χ2n) is 4.22. The Bertz CT molecular complexity index is 502. The largest absolute Gasteiger partial charge is 0.373 e. The third-order valence-corrected chi connectivity index (χ3v) is 2.78. The third-order valence-electron chi connectivity index (χ3n) is 2.78. The Kier molecular flexibility index (Phi) is 7.14. The third kappa shape index (κ3) is 5.37. The smallest absolute Gasteiger partial charge is 0.265 e. The lowest BCUT2D eigenvalue weighted by Gasteiger charge is -2.14. The number of hydrogen-bond donors (Lipinski definition) is 1. The molecule has 0 aliphatic carbocycles. The first kappa shape index (κ1) is 16.9. The van der Waals surface area contributed by atoms with Gasteiger partial charge in [-0.15, -0.1) is 6.58 Å². The summed E-state index contributed by atoms with van der Waals surface area (Å²) in [7, 11) is 2.86. The number of carbonyl (C=O) groups excluding carboxylic acids is 2. The molecule has 0 aromatic heterocycles. The molecule has 1 N–H and O–H groups in total. The van der Waals surface area contributed by atoms with E-state index in [-0.39, 0.29) is 18.4 Å². The Morgan fingerprint density at radius 1 is 1.38 bits per heavy atom. The van der Waals surface area contributed by atoms with E-state index in [1.54, 1.807) is 24.3 Å². The normalized spacial score (nSPS) is 10.0. The number of amides is 2. The molecule has 0 bridgehead atoms. The molecule has 21 heavy (non-hydrogen) atoms. The van der Waals surface area contributed by atoms with Crippen LogP contribution in [0, 0.1) is 0 Å². The van der Waals surface area contributed by atoms with Crippen LogP contribution in [0.1, 0.15) is 15.9 Å². The summed E-state index contributed by atoms with van der Waals surface area (Å²) in [5.41, 5.74) is 1.24. The van der Waals surface area contributed by atoms with Gasteiger partial charge in [0.1, 0.15) is 0 Å². The molecule has 2 amide bonds. The van der Waals surface area contributed by atoms with Crippen LogP contribution < -0.4 is 5.32 Å². The average Bonchev–Trinajstić information content (AvgIpc) is 2.52. The van der Waals surface area contributed by atoms with Crippen LogP contribution >= 0.6 is 0 Å². The van der Waals surface area contributed by atoms with E-state index in [9.17, 15) is 9.59 Å². The monoisotopic (exact) mass is 292 g/mol. The molecule has 0 unspecified atom stereocenters. The zero-order chi connectivity index (χ0) is 15.7. The number of likely N-dealkylation sites (N-methyl/N-ethyl adjacent to an activating group) is 1. The van der Waals surface area contributed by atoms with Gasteiger partial charge in [-0.2, -0.15) is 0 Å². The Balaban J connectivity index is 2.65. The molecule has 0 aliphatic rings. The van der Waals surface area contributed by atoms with Crippen LogP contribution in [-0.4, -0.2) is 44.2 Å². The molecule has 6 heteroatoms. The minimum Gasteiger partial charge on any atom is -0.373 e. The molecule has 6 nitrogen and oxygen atoms in total. The Morgan fingerprint density at radius 3 is 2.76 bits per heavy atom. The van der Waals surface area contributed by atoms with E-state index in [1.807, 2.05) is 6.07 Å². The summed E-state index contributed by atoms with van der Waals surface area (Å²) in [5.74, 6) is -0.670. The van der Waals surface area contributed by atoms with Crippen molar-refractivity contribution in [3.63, 3.8) is 0 Å². The highest BCUT2D eigenvalue weighted by Crippen LogP contribution is 2.10.